The minimum Gasteiger partial charge on any atom is -0.379 e. The largest absolute Gasteiger partial charge is 0.379 e. The van der Waals surface area contributed by atoms with Gasteiger partial charge in [-0.15, -0.1) is 0 Å². The van der Waals surface area contributed by atoms with Gasteiger partial charge in [0.15, 0.2) is 0 Å². The molecule has 1 heterocycles. The molecule has 6 nitrogen and oxygen atoms in total. The average Bonchev–Trinajstić information content (AvgIpc) is 2.68. The summed E-state index contributed by atoms with van der Waals surface area (Å²) in [5.41, 5.74) is 1.24. The van der Waals surface area contributed by atoms with Crippen LogP contribution < -0.4 is 5.32 Å². The van der Waals surface area contributed by atoms with Gasteiger partial charge >= 0.3 is 0 Å². The van der Waals surface area contributed by atoms with Gasteiger partial charge in [0.05, 0.1) is 18.1 Å². The smallest absolute Gasteiger partial charge is 0.248 e. The lowest BCUT2D eigenvalue weighted by atomic mass is 10.2. The normalized spacial score (nSPS) is 15.7. The maximum absolute atomic E-state index is 12.6. The number of benzene rings is 2. The van der Waals surface area contributed by atoms with Gasteiger partial charge in [-0.1, -0.05) is 29.8 Å². The van der Waals surface area contributed by atoms with Crippen molar-refractivity contribution in [2.24, 2.45) is 0 Å². The van der Waals surface area contributed by atoms with E-state index in [1.54, 1.807) is 30.3 Å². The molecule has 0 saturated carbocycles. The van der Waals surface area contributed by atoms with Gasteiger partial charge < -0.3 is 10.1 Å². The van der Waals surface area contributed by atoms with E-state index in [2.05, 4.69) is 5.32 Å². The molecule has 1 aliphatic heterocycles. The Morgan fingerprint density at radius 1 is 1.07 bits per heavy atom. The van der Waals surface area contributed by atoms with Gasteiger partial charge in [-0.3, -0.25) is 4.79 Å². The molecule has 27 heavy (non-hydrogen) atoms. The molecule has 142 valence electrons. The predicted octanol–water partition coefficient (Wildman–Crippen LogP) is 3.01. The average molecular weight is 407 g/mol. The summed E-state index contributed by atoms with van der Waals surface area (Å²) >= 11 is 6.04. The second-order valence-electron chi connectivity index (χ2n) is 5.88. The number of ether oxygens (including phenoxy) is 1. The van der Waals surface area contributed by atoms with Crippen LogP contribution in [0.15, 0.2) is 59.5 Å². The Bertz CT molecular complexity index is 936. The Balaban J connectivity index is 1.65. The van der Waals surface area contributed by atoms with Crippen LogP contribution in [0.3, 0.4) is 0 Å². The molecule has 1 amide bonds. The molecule has 0 radical (unpaired) electrons. The van der Waals surface area contributed by atoms with E-state index in [-0.39, 0.29) is 10.8 Å². The maximum Gasteiger partial charge on any atom is 0.248 e. The van der Waals surface area contributed by atoms with Crippen molar-refractivity contribution in [1.29, 1.82) is 0 Å². The summed E-state index contributed by atoms with van der Waals surface area (Å²) in [4.78, 5) is 12.2. The summed E-state index contributed by atoms with van der Waals surface area (Å²) in [5.74, 6) is -0.335. The number of nitrogens with zero attached hydrogens (tertiary/aromatic N) is 1. The number of carbonyl (C=O) groups excluding carboxylic acids is 1. The fraction of sp³-hybridized carbons (Fsp3) is 0.211. The van der Waals surface area contributed by atoms with Gasteiger partial charge in [0.2, 0.25) is 15.9 Å². The summed E-state index contributed by atoms with van der Waals surface area (Å²) in [7, 11) is -3.55. The van der Waals surface area contributed by atoms with E-state index in [0.29, 0.717) is 37.0 Å². The van der Waals surface area contributed by atoms with Crippen molar-refractivity contribution in [1.82, 2.24) is 4.31 Å². The summed E-state index contributed by atoms with van der Waals surface area (Å²) in [5, 5.41) is 3.25. The number of amides is 1. The summed E-state index contributed by atoms with van der Waals surface area (Å²) in [6.07, 6.45) is 2.99. The Morgan fingerprint density at radius 2 is 1.74 bits per heavy atom. The first-order chi connectivity index (χ1) is 13.0. The molecule has 8 heteroatoms. The van der Waals surface area contributed by atoms with Crippen molar-refractivity contribution < 1.29 is 17.9 Å². The van der Waals surface area contributed by atoms with Crippen molar-refractivity contribution in [3.63, 3.8) is 0 Å². The predicted molar refractivity (Wildman–Crippen MR) is 105 cm³/mol. The molecule has 1 fully saturated rings. The molecule has 0 unspecified atom stereocenters. The molecular formula is C19H19ClN2O4S. The molecule has 0 atom stereocenters. The highest BCUT2D eigenvalue weighted by atomic mass is 35.5. The van der Waals surface area contributed by atoms with E-state index in [9.17, 15) is 13.2 Å². The minimum absolute atomic E-state index is 0.189. The molecule has 1 saturated heterocycles. The van der Waals surface area contributed by atoms with Crippen molar-refractivity contribution in [2.45, 2.75) is 4.90 Å². The Labute approximate surface area is 163 Å². The molecule has 0 aliphatic carbocycles. The fourth-order valence-electron chi connectivity index (χ4n) is 2.61. The van der Waals surface area contributed by atoms with Crippen LogP contribution in [0.4, 0.5) is 5.69 Å². The third-order valence-corrected chi connectivity index (χ3v) is 6.31. The molecule has 1 aliphatic rings. The third-order valence-electron chi connectivity index (χ3n) is 4.05. The highest BCUT2D eigenvalue weighted by molar-refractivity contribution is 7.89. The number of anilines is 1. The van der Waals surface area contributed by atoms with Crippen LogP contribution in [0.25, 0.3) is 6.08 Å². The van der Waals surface area contributed by atoms with E-state index in [1.165, 1.54) is 22.5 Å². The Morgan fingerprint density at radius 3 is 2.41 bits per heavy atom. The van der Waals surface area contributed by atoms with Gasteiger partial charge in [-0.05, 0) is 42.0 Å². The number of sulfonamides is 1. The Kier molecular flexibility index (Phi) is 6.28. The topological polar surface area (TPSA) is 75.7 Å². The first-order valence-electron chi connectivity index (χ1n) is 8.38. The van der Waals surface area contributed by atoms with Gasteiger partial charge in [0, 0.05) is 29.9 Å². The summed E-state index contributed by atoms with van der Waals surface area (Å²) < 4.78 is 31.7. The Hall–Kier alpha value is -2.19. The van der Waals surface area contributed by atoms with E-state index in [0.717, 1.165) is 5.56 Å². The summed E-state index contributed by atoms with van der Waals surface area (Å²) in [6, 6.07) is 13.3. The van der Waals surface area contributed by atoms with Crippen LogP contribution in [-0.2, 0) is 19.6 Å². The minimum atomic E-state index is -3.55. The molecule has 0 aromatic heterocycles. The van der Waals surface area contributed by atoms with Crippen LogP contribution in [0, 0.1) is 0 Å². The molecule has 2 aromatic rings. The second-order valence-corrected chi connectivity index (χ2v) is 8.23. The SMILES string of the molecule is O=C(C=Cc1ccccc1Cl)Nc1ccc(S(=O)(=O)N2CCOCC2)cc1. The number of morpholine rings is 1. The van der Waals surface area contributed by atoms with Crippen LogP contribution in [-0.4, -0.2) is 44.9 Å². The zero-order valence-corrected chi connectivity index (χ0v) is 16.0. The second kappa shape index (κ2) is 8.67. The number of hydrogen-bond donors (Lipinski definition) is 1. The molecular weight excluding hydrogens is 388 g/mol. The third kappa shape index (κ3) is 4.95. The lowest BCUT2D eigenvalue weighted by Gasteiger charge is -2.26. The van der Waals surface area contributed by atoms with Gasteiger partial charge in [0.1, 0.15) is 0 Å². The van der Waals surface area contributed by atoms with Crippen LogP contribution in [0.1, 0.15) is 5.56 Å². The first kappa shape index (κ1) is 19.6. The summed E-state index contributed by atoms with van der Waals surface area (Å²) in [6.45, 7) is 1.47. The van der Waals surface area contributed by atoms with E-state index >= 15 is 0 Å². The van der Waals surface area contributed by atoms with Gasteiger partial charge in [-0.2, -0.15) is 4.31 Å². The zero-order valence-electron chi connectivity index (χ0n) is 14.5. The molecule has 2 aromatic carbocycles. The van der Waals surface area contributed by atoms with Crippen molar-refractivity contribution >= 4 is 39.3 Å². The van der Waals surface area contributed by atoms with Gasteiger partial charge in [-0.25, -0.2) is 8.42 Å². The van der Waals surface area contributed by atoms with E-state index in [4.69, 9.17) is 16.3 Å². The number of hydrogen-bond acceptors (Lipinski definition) is 4. The highest BCUT2D eigenvalue weighted by Crippen LogP contribution is 2.20. The van der Waals surface area contributed by atoms with Crippen LogP contribution in [0.2, 0.25) is 5.02 Å². The zero-order chi connectivity index (χ0) is 19.3. The van der Waals surface area contributed by atoms with Crippen molar-refractivity contribution in [2.75, 3.05) is 31.6 Å². The highest BCUT2D eigenvalue weighted by Gasteiger charge is 2.26. The molecule has 1 N–H and O–H groups in total. The van der Waals surface area contributed by atoms with Crippen molar-refractivity contribution in [3.8, 4) is 0 Å². The number of nitrogens with one attached hydrogen (secondary N) is 1. The lowest BCUT2D eigenvalue weighted by Crippen LogP contribution is -2.40. The maximum atomic E-state index is 12.6. The van der Waals surface area contributed by atoms with Crippen LogP contribution >= 0.6 is 11.6 Å². The lowest BCUT2D eigenvalue weighted by molar-refractivity contribution is -0.111. The van der Waals surface area contributed by atoms with E-state index in [1.807, 2.05) is 12.1 Å². The first-order valence-corrected chi connectivity index (χ1v) is 10.2. The quantitative estimate of drug-likeness (QED) is 0.774. The van der Waals surface area contributed by atoms with Gasteiger partial charge in [0.25, 0.3) is 0 Å². The molecule has 0 bridgehead atoms. The van der Waals surface area contributed by atoms with E-state index < -0.39 is 10.0 Å². The standard InChI is InChI=1S/C19H19ClN2O4S/c20-18-4-2-1-3-15(18)5-10-19(23)21-16-6-8-17(9-7-16)27(24,25)22-11-13-26-14-12-22/h1-10H,11-14H2,(H,21,23). The number of rotatable bonds is 5. The van der Waals surface area contributed by atoms with Crippen molar-refractivity contribution in [3.05, 3.63) is 65.2 Å². The monoisotopic (exact) mass is 406 g/mol. The molecule has 3 rings (SSSR count). The fourth-order valence-corrected chi connectivity index (χ4v) is 4.21. The molecule has 0 spiro atoms. The van der Waals surface area contributed by atoms with Crippen LogP contribution in [0.5, 0.6) is 0 Å². The number of halogens is 1. The number of carbonyl (C=O) groups is 1.